The summed E-state index contributed by atoms with van der Waals surface area (Å²) in [6, 6.07) is 0. The molecule has 0 spiro atoms. The normalized spacial score (nSPS) is 26.9. The molecule has 1 aliphatic carbocycles. The fourth-order valence-corrected chi connectivity index (χ4v) is 2.20. The van der Waals surface area contributed by atoms with Crippen molar-refractivity contribution >= 4 is 6.29 Å². The number of carbonyl (C=O) groups is 1. The smallest absolute Gasteiger partial charge is 0.160 e. The number of hydrogen-bond donors (Lipinski definition) is 0. The summed E-state index contributed by atoms with van der Waals surface area (Å²) >= 11 is 0. The van der Waals surface area contributed by atoms with E-state index in [1.165, 1.54) is 0 Å². The van der Waals surface area contributed by atoms with E-state index in [2.05, 4.69) is 0 Å². The summed E-state index contributed by atoms with van der Waals surface area (Å²) in [5.74, 6) is 0.742. The first-order valence-electron chi connectivity index (χ1n) is 6.00. The first-order valence-corrected chi connectivity index (χ1v) is 6.00. The fourth-order valence-electron chi connectivity index (χ4n) is 2.20. The quantitative estimate of drug-likeness (QED) is 0.503. The molecule has 15 heavy (non-hydrogen) atoms. The lowest BCUT2D eigenvalue weighted by Gasteiger charge is -2.31. The molecule has 0 bridgehead atoms. The lowest BCUT2D eigenvalue weighted by atomic mass is 9.82. The topological polar surface area (TPSA) is 35.5 Å². The van der Waals surface area contributed by atoms with E-state index in [4.69, 9.17) is 9.47 Å². The molecule has 1 aliphatic rings. The molecule has 0 radical (unpaired) electrons. The first-order chi connectivity index (χ1) is 7.31. The van der Waals surface area contributed by atoms with Gasteiger partial charge in [0.05, 0.1) is 0 Å². The summed E-state index contributed by atoms with van der Waals surface area (Å²) in [5.41, 5.74) is 0. The van der Waals surface area contributed by atoms with Crippen LogP contribution in [-0.2, 0) is 14.3 Å². The number of rotatable bonds is 6. The van der Waals surface area contributed by atoms with Gasteiger partial charge >= 0.3 is 0 Å². The Kier molecular flexibility index (Phi) is 5.88. The molecule has 0 heterocycles. The van der Waals surface area contributed by atoms with Crippen LogP contribution in [-0.4, -0.2) is 25.8 Å². The Hall–Kier alpha value is -0.410. The zero-order valence-electron chi connectivity index (χ0n) is 9.78. The highest BCUT2D eigenvalue weighted by atomic mass is 16.7. The Morgan fingerprint density at radius 2 is 1.67 bits per heavy atom. The third kappa shape index (κ3) is 3.92. The minimum atomic E-state index is -0.0624. The molecule has 0 saturated heterocycles. The van der Waals surface area contributed by atoms with Crippen molar-refractivity contribution < 1.29 is 14.3 Å². The molecule has 0 atom stereocenters. The molecule has 1 saturated carbocycles. The summed E-state index contributed by atoms with van der Waals surface area (Å²) in [7, 11) is 0. The number of ether oxygens (including phenoxy) is 2. The maximum absolute atomic E-state index is 10.6. The van der Waals surface area contributed by atoms with E-state index in [-0.39, 0.29) is 12.2 Å². The molecule has 1 rings (SSSR count). The summed E-state index contributed by atoms with van der Waals surface area (Å²) in [4.78, 5) is 10.6. The molecule has 88 valence electrons. The standard InChI is InChI=1S/C12H22O3/c1-3-14-12(15-4-2)11-7-5-10(9-13)6-8-11/h9-12H,3-8H2,1-2H3. The van der Waals surface area contributed by atoms with Gasteiger partial charge < -0.3 is 14.3 Å². The van der Waals surface area contributed by atoms with Crippen LogP contribution in [0.1, 0.15) is 39.5 Å². The second kappa shape index (κ2) is 6.96. The molecule has 0 aliphatic heterocycles. The maximum Gasteiger partial charge on any atom is 0.160 e. The molecular formula is C12H22O3. The third-order valence-electron chi connectivity index (χ3n) is 3.06. The summed E-state index contributed by atoms with van der Waals surface area (Å²) in [5, 5.41) is 0. The van der Waals surface area contributed by atoms with Crippen LogP contribution in [0.2, 0.25) is 0 Å². The van der Waals surface area contributed by atoms with Crippen molar-refractivity contribution in [3.8, 4) is 0 Å². The highest BCUT2D eigenvalue weighted by Gasteiger charge is 2.28. The van der Waals surface area contributed by atoms with Crippen LogP contribution in [0.15, 0.2) is 0 Å². The van der Waals surface area contributed by atoms with Gasteiger partial charge in [-0.05, 0) is 39.5 Å². The third-order valence-corrected chi connectivity index (χ3v) is 3.06. The van der Waals surface area contributed by atoms with E-state index in [0.717, 1.165) is 32.0 Å². The van der Waals surface area contributed by atoms with Crippen LogP contribution in [0.3, 0.4) is 0 Å². The van der Waals surface area contributed by atoms with Gasteiger partial charge in [-0.3, -0.25) is 0 Å². The molecule has 0 amide bonds. The molecule has 3 nitrogen and oxygen atoms in total. The van der Waals surface area contributed by atoms with Crippen LogP contribution in [0.5, 0.6) is 0 Å². The average Bonchev–Trinajstić information content (AvgIpc) is 2.29. The molecule has 3 heteroatoms. The van der Waals surface area contributed by atoms with Crippen LogP contribution >= 0.6 is 0 Å². The Morgan fingerprint density at radius 1 is 1.13 bits per heavy atom. The maximum atomic E-state index is 10.6. The van der Waals surface area contributed by atoms with Gasteiger partial charge in [0.15, 0.2) is 6.29 Å². The zero-order chi connectivity index (χ0) is 11.1. The van der Waals surface area contributed by atoms with E-state index in [0.29, 0.717) is 19.1 Å². The van der Waals surface area contributed by atoms with Gasteiger partial charge in [-0.25, -0.2) is 0 Å². The van der Waals surface area contributed by atoms with E-state index in [1.54, 1.807) is 0 Å². The summed E-state index contributed by atoms with van der Waals surface area (Å²) in [6.07, 6.45) is 5.11. The molecule has 0 unspecified atom stereocenters. The van der Waals surface area contributed by atoms with Crippen LogP contribution in [0.25, 0.3) is 0 Å². The minimum Gasteiger partial charge on any atom is -0.353 e. The van der Waals surface area contributed by atoms with Gasteiger partial charge in [-0.2, -0.15) is 0 Å². The van der Waals surface area contributed by atoms with Crippen molar-refractivity contribution in [3.63, 3.8) is 0 Å². The lowest BCUT2D eigenvalue weighted by molar-refractivity contribution is -0.174. The number of carbonyl (C=O) groups excluding carboxylic acids is 1. The van der Waals surface area contributed by atoms with Crippen molar-refractivity contribution in [3.05, 3.63) is 0 Å². The van der Waals surface area contributed by atoms with Gasteiger partial charge in [-0.1, -0.05) is 0 Å². The highest BCUT2D eigenvalue weighted by molar-refractivity contribution is 5.53. The highest BCUT2D eigenvalue weighted by Crippen LogP contribution is 2.31. The Balaban J connectivity index is 2.37. The van der Waals surface area contributed by atoms with Crippen molar-refractivity contribution in [2.24, 2.45) is 11.8 Å². The van der Waals surface area contributed by atoms with Gasteiger partial charge in [0.25, 0.3) is 0 Å². The molecule has 0 aromatic carbocycles. The molecule has 0 aromatic heterocycles. The van der Waals surface area contributed by atoms with Crippen molar-refractivity contribution in [2.75, 3.05) is 13.2 Å². The lowest BCUT2D eigenvalue weighted by Crippen LogP contribution is -2.31. The van der Waals surface area contributed by atoms with Crippen LogP contribution < -0.4 is 0 Å². The predicted molar refractivity (Wildman–Crippen MR) is 58.6 cm³/mol. The summed E-state index contributed by atoms with van der Waals surface area (Å²) in [6.45, 7) is 5.36. The second-order valence-electron chi connectivity index (χ2n) is 4.09. The molecule has 0 aromatic rings. The monoisotopic (exact) mass is 214 g/mol. The largest absolute Gasteiger partial charge is 0.353 e. The van der Waals surface area contributed by atoms with E-state index in [1.807, 2.05) is 13.8 Å². The van der Waals surface area contributed by atoms with Crippen molar-refractivity contribution in [1.82, 2.24) is 0 Å². The Morgan fingerprint density at radius 3 is 2.07 bits per heavy atom. The van der Waals surface area contributed by atoms with Gasteiger partial charge in [0.2, 0.25) is 0 Å². The number of aldehydes is 1. The van der Waals surface area contributed by atoms with E-state index in [9.17, 15) is 4.79 Å². The SMILES string of the molecule is CCOC(OCC)C1CCC(C=O)CC1. The van der Waals surface area contributed by atoms with Crippen LogP contribution in [0.4, 0.5) is 0 Å². The van der Waals surface area contributed by atoms with E-state index >= 15 is 0 Å². The first kappa shape index (κ1) is 12.7. The Labute approximate surface area is 92.1 Å². The Bertz CT molecular complexity index is 168. The van der Waals surface area contributed by atoms with Gasteiger partial charge in [0, 0.05) is 25.0 Å². The molecule has 1 fully saturated rings. The minimum absolute atomic E-state index is 0.0624. The van der Waals surface area contributed by atoms with Gasteiger partial charge in [0.1, 0.15) is 6.29 Å². The molecule has 0 N–H and O–H groups in total. The van der Waals surface area contributed by atoms with Crippen LogP contribution in [0, 0.1) is 11.8 Å². The second-order valence-corrected chi connectivity index (χ2v) is 4.09. The summed E-state index contributed by atoms with van der Waals surface area (Å²) < 4.78 is 11.2. The van der Waals surface area contributed by atoms with Gasteiger partial charge in [-0.15, -0.1) is 0 Å². The fraction of sp³-hybridized carbons (Fsp3) is 0.917. The zero-order valence-corrected chi connectivity index (χ0v) is 9.78. The van der Waals surface area contributed by atoms with E-state index < -0.39 is 0 Å². The number of hydrogen-bond acceptors (Lipinski definition) is 3. The average molecular weight is 214 g/mol. The molecular weight excluding hydrogens is 192 g/mol. The van der Waals surface area contributed by atoms with Crippen molar-refractivity contribution in [2.45, 2.75) is 45.8 Å². The predicted octanol–water partition coefficient (Wildman–Crippen LogP) is 2.39. The van der Waals surface area contributed by atoms with Crippen molar-refractivity contribution in [1.29, 1.82) is 0 Å².